The molecule has 30 heavy (non-hydrogen) atoms. The summed E-state index contributed by atoms with van der Waals surface area (Å²) in [5.41, 5.74) is 1.18. The molecule has 1 fully saturated rings. The molecule has 1 saturated heterocycles. The second-order valence-electron chi connectivity index (χ2n) is 6.87. The average molecular weight is 447 g/mol. The summed E-state index contributed by atoms with van der Waals surface area (Å²) >= 11 is 12.4. The Hall–Kier alpha value is -2.83. The van der Waals surface area contributed by atoms with Gasteiger partial charge in [0, 0.05) is 5.02 Å². The smallest absolute Gasteiger partial charge is 0.335 e. The number of halogens is 2. The Morgan fingerprint density at radius 1 is 1.13 bits per heavy atom. The van der Waals surface area contributed by atoms with Gasteiger partial charge in [0.05, 0.1) is 16.8 Å². The molecule has 0 saturated carbocycles. The molecule has 3 rings (SSSR count). The first-order valence-corrected chi connectivity index (χ1v) is 10.1. The first kappa shape index (κ1) is 21.9. The zero-order chi connectivity index (χ0) is 22.0. The molecule has 1 heterocycles. The van der Waals surface area contributed by atoms with Gasteiger partial charge in [0.2, 0.25) is 0 Å². The van der Waals surface area contributed by atoms with E-state index >= 15 is 0 Å². The highest BCUT2D eigenvalue weighted by Gasteiger charge is 2.37. The third-order valence-corrected chi connectivity index (χ3v) is 5.46. The number of rotatable bonds is 5. The molecule has 156 valence electrons. The number of hydrogen-bond donors (Lipinski definition) is 1. The van der Waals surface area contributed by atoms with Gasteiger partial charge < -0.3 is 4.74 Å². The Bertz CT molecular complexity index is 1070. The quantitative estimate of drug-likeness (QED) is 0.509. The molecular weight excluding hydrogens is 427 g/mol. The van der Waals surface area contributed by atoms with Crippen LogP contribution in [0.15, 0.2) is 42.0 Å². The molecule has 1 aliphatic rings. The minimum Gasteiger partial charge on any atom is -0.489 e. The van der Waals surface area contributed by atoms with Crippen molar-refractivity contribution >= 4 is 52.8 Å². The van der Waals surface area contributed by atoms with E-state index in [0.717, 1.165) is 11.3 Å². The standard InChI is InChI=1S/C22H20Cl2N2O4/c1-4-12(2)30-19-9-8-14(11-17(19)24)10-15-20(27)25-22(29)26(21(15)28)18-7-5-6-16(23)13(18)3/h5-12H,4H2,1-3H3,(H,25,27,29)/b15-10+/t12-/m1/s1. The fourth-order valence-corrected chi connectivity index (χ4v) is 3.29. The van der Waals surface area contributed by atoms with Crippen LogP contribution in [0.4, 0.5) is 10.5 Å². The lowest BCUT2D eigenvalue weighted by Gasteiger charge is -2.27. The molecule has 2 aromatic carbocycles. The zero-order valence-corrected chi connectivity index (χ0v) is 18.2. The third kappa shape index (κ3) is 4.35. The van der Waals surface area contributed by atoms with Crippen LogP contribution >= 0.6 is 23.2 Å². The SMILES string of the molecule is CC[C@@H](C)Oc1ccc(/C=C2\C(=O)NC(=O)N(c3cccc(Cl)c3C)C2=O)cc1Cl. The van der Waals surface area contributed by atoms with Crippen molar-refractivity contribution in [2.24, 2.45) is 0 Å². The van der Waals surface area contributed by atoms with Crippen LogP contribution in [-0.2, 0) is 9.59 Å². The maximum absolute atomic E-state index is 13.0. The van der Waals surface area contributed by atoms with E-state index in [2.05, 4.69) is 5.32 Å². The molecule has 0 radical (unpaired) electrons. The average Bonchev–Trinajstić information content (AvgIpc) is 2.70. The van der Waals surface area contributed by atoms with Crippen molar-refractivity contribution in [3.8, 4) is 5.75 Å². The predicted molar refractivity (Wildman–Crippen MR) is 117 cm³/mol. The fraction of sp³-hybridized carbons (Fsp3) is 0.227. The van der Waals surface area contributed by atoms with Gasteiger partial charge in [0.1, 0.15) is 11.3 Å². The molecule has 0 bridgehead atoms. The van der Waals surface area contributed by atoms with E-state index in [1.54, 1.807) is 43.3 Å². The maximum atomic E-state index is 13.0. The van der Waals surface area contributed by atoms with Crippen molar-refractivity contribution in [3.63, 3.8) is 0 Å². The zero-order valence-electron chi connectivity index (χ0n) is 16.7. The molecule has 1 aliphatic heterocycles. The first-order valence-electron chi connectivity index (χ1n) is 9.35. The molecule has 2 aromatic rings. The van der Waals surface area contributed by atoms with Crippen LogP contribution in [0.25, 0.3) is 6.08 Å². The molecule has 4 amide bonds. The number of anilines is 1. The molecule has 1 N–H and O–H groups in total. The Morgan fingerprint density at radius 2 is 1.87 bits per heavy atom. The number of amides is 4. The Labute approximate surface area is 184 Å². The lowest BCUT2D eigenvalue weighted by atomic mass is 10.1. The number of hydrogen-bond acceptors (Lipinski definition) is 4. The van der Waals surface area contributed by atoms with Crippen LogP contribution in [0.5, 0.6) is 5.75 Å². The highest BCUT2D eigenvalue weighted by molar-refractivity contribution is 6.40. The lowest BCUT2D eigenvalue weighted by Crippen LogP contribution is -2.54. The van der Waals surface area contributed by atoms with E-state index in [-0.39, 0.29) is 11.7 Å². The van der Waals surface area contributed by atoms with Gasteiger partial charge in [0.15, 0.2) is 0 Å². The van der Waals surface area contributed by atoms with Gasteiger partial charge in [-0.2, -0.15) is 0 Å². The number of carbonyl (C=O) groups excluding carboxylic acids is 3. The van der Waals surface area contributed by atoms with Crippen LogP contribution in [-0.4, -0.2) is 23.9 Å². The Morgan fingerprint density at radius 3 is 2.53 bits per heavy atom. The number of nitrogens with one attached hydrogen (secondary N) is 1. The van der Waals surface area contributed by atoms with Crippen molar-refractivity contribution in [3.05, 3.63) is 63.1 Å². The van der Waals surface area contributed by atoms with E-state index in [1.807, 2.05) is 13.8 Å². The summed E-state index contributed by atoms with van der Waals surface area (Å²) in [6.45, 7) is 5.62. The van der Waals surface area contributed by atoms with Crippen molar-refractivity contribution < 1.29 is 19.1 Å². The number of imide groups is 2. The first-order chi connectivity index (χ1) is 14.2. The number of nitrogens with zero attached hydrogens (tertiary/aromatic N) is 1. The highest BCUT2D eigenvalue weighted by Crippen LogP contribution is 2.31. The normalized spacial score (nSPS) is 16.6. The van der Waals surface area contributed by atoms with E-state index in [4.69, 9.17) is 27.9 Å². The molecule has 0 aromatic heterocycles. The lowest BCUT2D eigenvalue weighted by molar-refractivity contribution is -0.122. The summed E-state index contributed by atoms with van der Waals surface area (Å²) in [7, 11) is 0. The molecule has 8 heteroatoms. The third-order valence-electron chi connectivity index (χ3n) is 4.75. The molecule has 6 nitrogen and oxygen atoms in total. The fourth-order valence-electron chi connectivity index (χ4n) is 2.88. The van der Waals surface area contributed by atoms with Gasteiger partial charge in [-0.3, -0.25) is 14.9 Å². The Balaban J connectivity index is 1.97. The van der Waals surface area contributed by atoms with Gasteiger partial charge in [0.25, 0.3) is 11.8 Å². The van der Waals surface area contributed by atoms with E-state index in [0.29, 0.717) is 32.6 Å². The summed E-state index contributed by atoms with van der Waals surface area (Å²) in [5, 5.41) is 2.95. The molecule has 0 spiro atoms. The number of barbiturate groups is 1. The molecule has 0 aliphatic carbocycles. The summed E-state index contributed by atoms with van der Waals surface area (Å²) in [6.07, 6.45) is 2.21. The summed E-state index contributed by atoms with van der Waals surface area (Å²) in [4.78, 5) is 38.7. The van der Waals surface area contributed by atoms with Gasteiger partial charge in [-0.25, -0.2) is 9.69 Å². The van der Waals surface area contributed by atoms with Gasteiger partial charge >= 0.3 is 6.03 Å². The predicted octanol–water partition coefficient (Wildman–Crippen LogP) is 5.15. The summed E-state index contributed by atoms with van der Waals surface area (Å²) in [5.74, 6) is -1.01. The number of benzene rings is 2. The summed E-state index contributed by atoms with van der Waals surface area (Å²) < 4.78 is 5.73. The highest BCUT2D eigenvalue weighted by atomic mass is 35.5. The topological polar surface area (TPSA) is 75.7 Å². The van der Waals surface area contributed by atoms with E-state index in [1.165, 1.54) is 6.08 Å². The Kier molecular flexibility index (Phi) is 6.48. The van der Waals surface area contributed by atoms with Crippen molar-refractivity contribution in [1.29, 1.82) is 0 Å². The van der Waals surface area contributed by atoms with Crippen LogP contribution in [0.1, 0.15) is 31.4 Å². The van der Waals surface area contributed by atoms with Gasteiger partial charge in [-0.1, -0.05) is 42.3 Å². The number of ether oxygens (including phenoxy) is 1. The summed E-state index contributed by atoms with van der Waals surface area (Å²) in [6, 6.07) is 8.99. The molecule has 0 unspecified atom stereocenters. The largest absolute Gasteiger partial charge is 0.489 e. The van der Waals surface area contributed by atoms with Crippen molar-refractivity contribution in [2.75, 3.05) is 4.90 Å². The number of urea groups is 1. The minimum absolute atomic E-state index is 0.00193. The molecular formula is C22H20Cl2N2O4. The monoisotopic (exact) mass is 446 g/mol. The van der Waals surface area contributed by atoms with Crippen molar-refractivity contribution in [2.45, 2.75) is 33.3 Å². The van der Waals surface area contributed by atoms with E-state index in [9.17, 15) is 14.4 Å². The van der Waals surface area contributed by atoms with E-state index < -0.39 is 17.8 Å². The van der Waals surface area contributed by atoms with Crippen molar-refractivity contribution in [1.82, 2.24) is 5.32 Å². The second-order valence-corrected chi connectivity index (χ2v) is 7.68. The van der Waals surface area contributed by atoms with Crippen LogP contribution in [0, 0.1) is 6.92 Å². The van der Waals surface area contributed by atoms with Crippen LogP contribution in [0.3, 0.4) is 0 Å². The van der Waals surface area contributed by atoms with Crippen LogP contribution < -0.4 is 15.0 Å². The minimum atomic E-state index is -0.831. The molecule has 1 atom stereocenters. The van der Waals surface area contributed by atoms with Crippen LogP contribution in [0.2, 0.25) is 10.0 Å². The number of carbonyl (C=O) groups is 3. The van der Waals surface area contributed by atoms with Gasteiger partial charge in [-0.15, -0.1) is 0 Å². The van der Waals surface area contributed by atoms with Gasteiger partial charge in [-0.05, 0) is 61.7 Å². The second kappa shape index (κ2) is 8.90. The maximum Gasteiger partial charge on any atom is 0.335 e.